The fraction of sp³-hybridized carbons (Fsp3) is 0.231. The van der Waals surface area contributed by atoms with E-state index in [9.17, 15) is 0 Å². The molecule has 34 heavy (non-hydrogen) atoms. The molecule has 4 aromatic rings. The summed E-state index contributed by atoms with van der Waals surface area (Å²) in [5, 5.41) is 4.18. The van der Waals surface area contributed by atoms with Gasteiger partial charge in [0.2, 0.25) is 6.79 Å². The summed E-state index contributed by atoms with van der Waals surface area (Å²) < 4.78 is 19.1. The van der Waals surface area contributed by atoms with Crippen LogP contribution in [-0.2, 0) is 6.54 Å². The molecule has 0 spiro atoms. The number of fused-ring (bicyclic) bond motifs is 1. The second kappa shape index (κ2) is 8.22. The van der Waals surface area contributed by atoms with Crippen molar-refractivity contribution in [1.29, 1.82) is 0 Å². The lowest BCUT2D eigenvalue weighted by atomic mass is 9.96. The SMILES string of the molecule is Cc1cc([C@@H]2[C@H](c3ccccn3)NC(=S)N2c2ccc3c(c2)OCO3)c(C)n1Cc1ccco1. The average Bonchev–Trinajstić information content (AvgIpc) is 3.63. The van der Waals surface area contributed by atoms with Gasteiger partial charge in [0.25, 0.3) is 0 Å². The second-order valence-corrected chi connectivity index (χ2v) is 8.91. The smallest absolute Gasteiger partial charge is 0.231 e. The number of nitrogens with zero attached hydrogens (tertiary/aromatic N) is 3. The number of nitrogens with one attached hydrogen (secondary N) is 1. The molecule has 3 aromatic heterocycles. The van der Waals surface area contributed by atoms with Crippen LogP contribution in [0.5, 0.6) is 11.5 Å². The maximum atomic E-state index is 5.87. The number of hydrogen-bond donors (Lipinski definition) is 1. The van der Waals surface area contributed by atoms with E-state index in [-0.39, 0.29) is 18.9 Å². The molecule has 7 nitrogen and oxygen atoms in total. The van der Waals surface area contributed by atoms with E-state index in [1.807, 2.05) is 54.7 Å². The molecule has 6 rings (SSSR count). The molecule has 0 unspecified atom stereocenters. The third kappa shape index (κ3) is 3.42. The lowest BCUT2D eigenvalue weighted by molar-refractivity contribution is 0.174. The summed E-state index contributed by atoms with van der Waals surface area (Å²) in [6.07, 6.45) is 3.53. The van der Waals surface area contributed by atoms with Crippen LogP contribution < -0.4 is 19.7 Å². The number of aryl methyl sites for hydroxylation is 1. The summed E-state index contributed by atoms with van der Waals surface area (Å²) in [5.41, 5.74) is 5.39. The maximum absolute atomic E-state index is 5.87. The van der Waals surface area contributed by atoms with Gasteiger partial charge in [-0.25, -0.2) is 0 Å². The van der Waals surface area contributed by atoms with E-state index >= 15 is 0 Å². The molecule has 172 valence electrons. The van der Waals surface area contributed by atoms with Crippen molar-refractivity contribution in [2.75, 3.05) is 11.7 Å². The number of anilines is 1. The average molecular weight is 473 g/mol. The van der Waals surface area contributed by atoms with E-state index in [2.05, 4.69) is 39.7 Å². The van der Waals surface area contributed by atoms with Crippen LogP contribution >= 0.6 is 12.2 Å². The molecule has 5 heterocycles. The number of pyridine rings is 1. The number of thiocarbonyl (C=S) groups is 1. The highest BCUT2D eigenvalue weighted by molar-refractivity contribution is 7.80. The summed E-state index contributed by atoms with van der Waals surface area (Å²) >= 11 is 5.87. The molecule has 1 fully saturated rings. The van der Waals surface area contributed by atoms with Gasteiger partial charge in [0.15, 0.2) is 16.6 Å². The van der Waals surface area contributed by atoms with Crippen LogP contribution in [0.1, 0.15) is 40.5 Å². The topological polar surface area (TPSA) is 64.7 Å². The van der Waals surface area contributed by atoms with Gasteiger partial charge in [-0.2, -0.15) is 0 Å². The predicted octanol–water partition coefficient (Wildman–Crippen LogP) is 5.05. The largest absolute Gasteiger partial charge is 0.467 e. The van der Waals surface area contributed by atoms with E-state index in [1.165, 1.54) is 5.56 Å². The van der Waals surface area contributed by atoms with Crippen LogP contribution in [0.15, 0.2) is 71.5 Å². The van der Waals surface area contributed by atoms with Crippen molar-refractivity contribution in [3.8, 4) is 11.5 Å². The monoisotopic (exact) mass is 472 g/mol. The van der Waals surface area contributed by atoms with Crippen molar-refractivity contribution in [3.05, 3.63) is 95.5 Å². The van der Waals surface area contributed by atoms with E-state index in [0.717, 1.165) is 40.0 Å². The Labute approximate surface area is 202 Å². The van der Waals surface area contributed by atoms with Gasteiger partial charge in [-0.05, 0) is 74.1 Å². The highest BCUT2D eigenvalue weighted by Gasteiger charge is 2.42. The standard InChI is InChI=1S/C26H24N4O3S/c1-16-12-20(17(2)29(16)14-19-6-5-11-31-19)25-24(21-7-3-4-10-27-21)28-26(34)30(25)18-8-9-22-23(13-18)33-15-32-22/h3-13,24-25H,14-15H2,1-2H3,(H,28,34)/t24-,25+/m0/s1. The number of aromatic nitrogens is 2. The number of furan rings is 1. The van der Waals surface area contributed by atoms with Crippen molar-refractivity contribution in [2.45, 2.75) is 32.5 Å². The molecular weight excluding hydrogens is 448 g/mol. The fourth-order valence-electron chi connectivity index (χ4n) is 4.91. The van der Waals surface area contributed by atoms with Gasteiger partial charge in [-0.15, -0.1) is 0 Å². The third-order valence-electron chi connectivity index (χ3n) is 6.56. The fourth-order valence-corrected chi connectivity index (χ4v) is 5.26. The minimum absolute atomic E-state index is 0.0978. The number of hydrogen-bond acceptors (Lipinski definition) is 5. The molecule has 2 atom stereocenters. The first-order chi connectivity index (χ1) is 16.6. The van der Waals surface area contributed by atoms with Gasteiger partial charge >= 0.3 is 0 Å². The molecule has 2 aliphatic heterocycles. The highest BCUT2D eigenvalue weighted by atomic mass is 32.1. The second-order valence-electron chi connectivity index (χ2n) is 8.53. The van der Waals surface area contributed by atoms with Crippen LogP contribution in [0.25, 0.3) is 0 Å². The first-order valence-corrected chi connectivity index (χ1v) is 11.6. The molecular formula is C26H24N4O3S. The molecule has 0 saturated carbocycles. The number of benzene rings is 1. The number of ether oxygens (including phenoxy) is 2. The van der Waals surface area contributed by atoms with Crippen molar-refractivity contribution in [2.24, 2.45) is 0 Å². The third-order valence-corrected chi connectivity index (χ3v) is 6.87. The quantitative estimate of drug-likeness (QED) is 0.408. The van der Waals surface area contributed by atoms with Crippen molar-refractivity contribution >= 4 is 23.0 Å². The lowest BCUT2D eigenvalue weighted by Gasteiger charge is -2.28. The van der Waals surface area contributed by atoms with Crippen molar-refractivity contribution in [1.82, 2.24) is 14.9 Å². The Balaban J connectivity index is 1.47. The maximum Gasteiger partial charge on any atom is 0.231 e. The summed E-state index contributed by atoms with van der Waals surface area (Å²) in [6, 6.07) is 17.9. The van der Waals surface area contributed by atoms with Gasteiger partial charge in [0.05, 0.1) is 30.6 Å². The van der Waals surface area contributed by atoms with Crippen LogP contribution in [-0.4, -0.2) is 21.5 Å². The van der Waals surface area contributed by atoms with E-state index in [0.29, 0.717) is 11.7 Å². The van der Waals surface area contributed by atoms with Crippen molar-refractivity contribution < 1.29 is 13.9 Å². The molecule has 2 aliphatic rings. The molecule has 1 saturated heterocycles. The van der Waals surface area contributed by atoms with Crippen LogP contribution in [0.4, 0.5) is 5.69 Å². The summed E-state index contributed by atoms with van der Waals surface area (Å²) in [4.78, 5) is 6.82. The van der Waals surface area contributed by atoms with Gasteiger partial charge < -0.3 is 28.7 Å². The van der Waals surface area contributed by atoms with E-state index in [1.54, 1.807) is 6.26 Å². The zero-order valence-corrected chi connectivity index (χ0v) is 19.7. The van der Waals surface area contributed by atoms with Crippen LogP contribution in [0.3, 0.4) is 0 Å². The van der Waals surface area contributed by atoms with Crippen LogP contribution in [0.2, 0.25) is 0 Å². The van der Waals surface area contributed by atoms with E-state index in [4.69, 9.17) is 26.1 Å². The molecule has 1 N–H and O–H groups in total. The molecule has 0 amide bonds. The molecule has 0 bridgehead atoms. The molecule has 0 radical (unpaired) electrons. The van der Waals surface area contributed by atoms with Gasteiger partial charge in [-0.3, -0.25) is 4.98 Å². The summed E-state index contributed by atoms with van der Waals surface area (Å²) in [6.45, 7) is 5.18. The number of rotatable bonds is 5. The first-order valence-electron chi connectivity index (χ1n) is 11.2. The molecule has 0 aliphatic carbocycles. The Morgan fingerprint density at radius 1 is 1.06 bits per heavy atom. The summed E-state index contributed by atoms with van der Waals surface area (Å²) in [7, 11) is 0. The van der Waals surface area contributed by atoms with Gasteiger partial charge in [0.1, 0.15) is 5.76 Å². The Bertz CT molecular complexity index is 1350. The van der Waals surface area contributed by atoms with Gasteiger partial charge in [0, 0.05) is 29.3 Å². The highest BCUT2D eigenvalue weighted by Crippen LogP contribution is 2.45. The van der Waals surface area contributed by atoms with Crippen molar-refractivity contribution in [3.63, 3.8) is 0 Å². The van der Waals surface area contributed by atoms with E-state index < -0.39 is 0 Å². The Hall–Kier alpha value is -3.78. The normalized spacial score (nSPS) is 19.0. The van der Waals surface area contributed by atoms with Crippen LogP contribution in [0, 0.1) is 13.8 Å². The first kappa shape index (κ1) is 20.8. The zero-order valence-electron chi connectivity index (χ0n) is 18.9. The minimum atomic E-state index is -0.114. The Morgan fingerprint density at radius 2 is 1.94 bits per heavy atom. The Morgan fingerprint density at radius 3 is 2.74 bits per heavy atom. The van der Waals surface area contributed by atoms with Gasteiger partial charge in [-0.1, -0.05) is 6.07 Å². The molecule has 1 aromatic carbocycles. The Kier molecular flexibility index (Phi) is 5.03. The molecule has 8 heteroatoms. The zero-order chi connectivity index (χ0) is 23.2. The lowest BCUT2D eigenvalue weighted by Crippen LogP contribution is -2.29. The predicted molar refractivity (Wildman–Crippen MR) is 132 cm³/mol. The summed E-state index contributed by atoms with van der Waals surface area (Å²) in [5.74, 6) is 2.39. The minimum Gasteiger partial charge on any atom is -0.467 e.